The predicted molar refractivity (Wildman–Crippen MR) is 72.3 cm³/mol. The molecule has 1 unspecified atom stereocenters. The second-order valence-corrected chi connectivity index (χ2v) is 5.34. The van der Waals surface area contributed by atoms with Gasteiger partial charge in [0.2, 0.25) is 0 Å². The monoisotopic (exact) mass is 263 g/mol. The summed E-state index contributed by atoms with van der Waals surface area (Å²) in [6, 6.07) is 5.71. The first-order chi connectivity index (χ1) is 9.31. The number of phenols is 1. The van der Waals surface area contributed by atoms with E-state index < -0.39 is 0 Å². The Hall–Kier alpha value is -1.10. The van der Waals surface area contributed by atoms with Crippen molar-refractivity contribution >= 4 is 0 Å². The van der Waals surface area contributed by atoms with E-state index in [2.05, 4.69) is 4.90 Å². The molecular formula is C15H21NO3. The van der Waals surface area contributed by atoms with Gasteiger partial charge in [0.1, 0.15) is 5.75 Å². The van der Waals surface area contributed by atoms with E-state index in [-0.39, 0.29) is 6.10 Å². The Bertz CT molecular complexity index is 429. The summed E-state index contributed by atoms with van der Waals surface area (Å²) in [4.78, 5) is 2.43. The zero-order valence-corrected chi connectivity index (χ0v) is 11.2. The minimum absolute atomic E-state index is 0.249. The molecule has 2 aliphatic rings. The molecule has 104 valence electrons. The third-order valence-corrected chi connectivity index (χ3v) is 3.93. The van der Waals surface area contributed by atoms with Crippen molar-refractivity contribution in [2.24, 2.45) is 0 Å². The third-order valence-electron chi connectivity index (χ3n) is 3.93. The minimum Gasteiger partial charge on any atom is -0.508 e. The summed E-state index contributed by atoms with van der Waals surface area (Å²) in [5, 5.41) is 9.55. The van der Waals surface area contributed by atoms with Gasteiger partial charge in [-0.15, -0.1) is 0 Å². The molecule has 1 fully saturated rings. The fourth-order valence-electron chi connectivity index (χ4n) is 2.82. The van der Waals surface area contributed by atoms with Crippen LogP contribution in [0.2, 0.25) is 0 Å². The summed E-state index contributed by atoms with van der Waals surface area (Å²) in [6.45, 7) is 5.23. The highest BCUT2D eigenvalue weighted by atomic mass is 16.6. The number of ether oxygens (including phenoxy) is 2. The number of benzene rings is 1. The lowest BCUT2D eigenvalue weighted by Gasteiger charge is -2.31. The molecule has 0 amide bonds. The largest absolute Gasteiger partial charge is 0.508 e. The van der Waals surface area contributed by atoms with E-state index in [0.717, 1.165) is 52.3 Å². The first-order valence-electron chi connectivity index (χ1n) is 7.04. The van der Waals surface area contributed by atoms with E-state index in [1.54, 1.807) is 6.07 Å². The van der Waals surface area contributed by atoms with Gasteiger partial charge in [-0.2, -0.15) is 0 Å². The molecule has 2 heterocycles. The Morgan fingerprint density at radius 1 is 1.26 bits per heavy atom. The molecule has 1 N–H and O–H groups in total. The summed E-state index contributed by atoms with van der Waals surface area (Å²) in [7, 11) is 0. The van der Waals surface area contributed by atoms with E-state index in [1.165, 1.54) is 11.1 Å². The van der Waals surface area contributed by atoms with Crippen molar-refractivity contribution < 1.29 is 14.6 Å². The molecular weight excluding hydrogens is 242 g/mol. The van der Waals surface area contributed by atoms with Crippen molar-refractivity contribution in [3.8, 4) is 5.75 Å². The van der Waals surface area contributed by atoms with Crippen LogP contribution < -0.4 is 0 Å². The highest BCUT2D eigenvalue weighted by Gasteiger charge is 2.19. The maximum absolute atomic E-state index is 9.55. The van der Waals surface area contributed by atoms with E-state index in [9.17, 15) is 5.11 Å². The number of nitrogens with zero attached hydrogens (tertiary/aromatic N) is 1. The summed E-state index contributed by atoms with van der Waals surface area (Å²) in [5.74, 6) is 0.365. The van der Waals surface area contributed by atoms with Crippen molar-refractivity contribution in [1.29, 1.82) is 0 Å². The molecule has 1 atom stereocenters. The van der Waals surface area contributed by atoms with Crippen molar-refractivity contribution in [3.05, 3.63) is 29.3 Å². The number of fused-ring (bicyclic) bond motifs is 1. The molecule has 3 rings (SSSR count). The van der Waals surface area contributed by atoms with E-state index in [0.29, 0.717) is 5.75 Å². The molecule has 4 nitrogen and oxygen atoms in total. The van der Waals surface area contributed by atoms with Gasteiger partial charge in [-0.25, -0.2) is 0 Å². The normalized spacial score (nSPS) is 24.1. The highest BCUT2D eigenvalue weighted by Crippen LogP contribution is 2.23. The van der Waals surface area contributed by atoms with Crippen molar-refractivity contribution in [3.63, 3.8) is 0 Å². The zero-order valence-electron chi connectivity index (χ0n) is 11.2. The van der Waals surface area contributed by atoms with Gasteiger partial charge in [0.25, 0.3) is 0 Å². The standard InChI is InChI=1S/C15H21NO3/c17-14-2-1-12-3-5-16(10-13(12)9-14)6-4-15-11-18-7-8-19-15/h1-2,9,15,17H,3-8,10-11H2. The first kappa shape index (κ1) is 12.9. The maximum atomic E-state index is 9.55. The minimum atomic E-state index is 0.249. The Morgan fingerprint density at radius 3 is 3.05 bits per heavy atom. The number of hydrogen-bond donors (Lipinski definition) is 1. The molecule has 1 aromatic rings. The molecule has 4 heteroatoms. The second-order valence-electron chi connectivity index (χ2n) is 5.34. The average molecular weight is 263 g/mol. The van der Waals surface area contributed by atoms with Crippen molar-refractivity contribution in [2.75, 3.05) is 32.9 Å². The number of rotatable bonds is 3. The van der Waals surface area contributed by atoms with Crippen LogP contribution in [-0.4, -0.2) is 49.0 Å². The van der Waals surface area contributed by atoms with Crippen LogP contribution in [0.1, 0.15) is 17.5 Å². The van der Waals surface area contributed by atoms with E-state index >= 15 is 0 Å². The molecule has 0 radical (unpaired) electrons. The Kier molecular flexibility index (Phi) is 4.01. The fraction of sp³-hybridized carbons (Fsp3) is 0.600. The summed E-state index contributed by atoms with van der Waals surface area (Å²) in [6.07, 6.45) is 2.34. The summed E-state index contributed by atoms with van der Waals surface area (Å²) >= 11 is 0. The van der Waals surface area contributed by atoms with Gasteiger partial charge in [-0.05, 0) is 36.1 Å². The quantitative estimate of drug-likeness (QED) is 0.898. The van der Waals surface area contributed by atoms with E-state index in [1.807, 2.05) is 12.1 Å². The Labute approximate surface area is 113 Å². The van der Waals surface area contributed by atoms with Crippen LogP contribution in [0.5, 0.6) is 5.75 Å². The maximum Gasteiger partial charge on any atom is 0.115 e. The lowest BCUT2D eigenvalue weighted by atomic mass is 9.99. The Morgan fingerprint density at radius 2 is 2.21 bits per heavy atom. The van der Waals surface area contributed by atoms with Gasteiger partial charge in [-0.1, -0.05) is 6.07 Å². The van der Waals surface area contributed by atoms with Gasteiger partial charge in [0, 0.05) is 19.6 Å². The molecule has 0 saturated carbocycles. The number of aromatic hydroxyl groups is 1. The van der Waals surface area contributed by atoms with Crippen LogP contribution in [0.3, 0.4) is 0 Å². The van der Waals surface area contributed by atoms with Crippen molar-refractivity contribution in [2.45, 2.75) is 25.5 Å². The smallest absolute Gasteiger partial charge is 0.115 e. The van der Waals surface area contributed by atoms with Gasteiger partial charge >= 0.3 is 0 Å². The fourth-order valence-corrected chi connectivity index (χ4v) is 2.82. The van der Waals surface area contributed by atoms with Gasteiger partial charge in [0.15, 0.2) is 0 Å². The van der Waals surface area contributed by atoms with Crippen LogP contribution in [0, 0.1) is 0 Å². The highest BCUT2D eigenvalue weighted by molar-refractivity contribution is 5.36. The molecule has 1 aromatic carbocycles. The topological polar surface area (TPSA) is 41.9 Å². The lowest BCUT2D eigenvalue weighted by Crippen LogP contribution is -2.36. The SMILES string of the molecule is Oc1ccc2c(c1)CN(CCC1COCCO1)CC2. The predicted octanol–water partition coefficient (Wildman–Crippen LogP) is 1.56. The molecule has 0 aliphatic carbocycles. The van der Waals surface area contributed by atoms with Crippen molar-refractivity contribution in [1.82, 2.24) is 4.90 Å². The van der Waals surface area contributed by atoms with Crippen LogP contribution in [0.25, 0.3) is 0 Å². The molecule has 0 bridgehead atoms. The number of hydrogen-bond acceptors (Lipinski definition) is 4. The molecule has 0 spiro atoms. The molecule has 0 aromatic heterocycles. The average Bonchev–Trinajstić information content (AvgIpc) is 2.46. The van der Waals surface area contributed by atoms with Crippen LogP contribution in [-0.2, 0) is 22.4 Å². The Balaban J connectivity index is 1.53. The first-order valence-corrected chi connectivity index (χ1v) is 7.04. The third kappa shape index (κ3) is 3.26. The molecule has 19 heavy (non-hydrogen) atoms. The van der Waals surface area contributed by atoms with Gasteiger partial charge in [-0.3, -0.25) is 4.90 Å². The molecule has 2 aliphatic heterocycles. The number of phenolic OH excluding ortho intramolecular Hbond substituents is 1. The molecule has 1 saturated heterocycles. The lowest BCUT2D eigenvalue weighted by molar-refractivity contribution is -0.0929. The second kappa shape index (κ2) is 5.90. The zero-order chi connectivity index (χ0) is 13.1. The van der Waals surface area contributed by atoms with Gasteiger partial charge < -0.3 is 14.6 Å². The van der Waals surface area contributed by atoms with Crippen LogP contribution in [0.4, 0.5) is 0 Å². The summed E-state index contributed by atoms with van der Waals surface area (Å²) in [5.41, 5.74) is 2.62. The van der Waals surface area contributed by atoms with Gasteiger partial charge in [0.05, 0.1) is 25.9 Å². The van der Waals surface area contributed by atoms with E-state index in [4.69, 9.17) is 9.47 Å². The van der Waals surface area contributed by atoms with Crippen LogP contribution in [0.15, 0.2) is 18.2 Å². The summed E-state index contributed by atoms with van der Waals surface area (Å²) < 4.78 is 11.1. The van der Waals surface area contributed by atoms with Crippen LogP contribution >= 0.6 is 0 Å².